The first kappa shape index (κ1) is 36.4. The van der Waals surface area contributed by atoms with Gasteiger partial charge in [0, 0.05) is 31.0 Å². The van der Waals surface area contributed by atoms with Gasteiger partial charge >= 0.3 is 106 Å². The summed E-state index contributed by atoms with van der Waals surface area (Å²) in [5.41, 5.74) is 9.56. The monoisotopic (exact) mass is 911 g/mol. The summed E-state index contributed by atoms with van der Waals surface area (Å²) in [7, 11) is 0. The van der Waals surface area contributed by atoms with E-state index in [4.69, 9.17) is 4.98 Å². The fourth-order valence-corrected chi connectivity index (χ4v) is 12.1. The Hall–Kier alpha value is -3.41. The van der Waals surface area contributed by atoms with Crippen LogP contribution in [0, 0.1) is 25.0 Å². The number of hydrogen-bond acceptors (Lipinski definition) is 3. The third-order valence-corrected chi connectivity index (χ3v) is 15.4. The Labute approximate surface area is 318 Å². The summed E-state index contributed by atoms with van der Waals surface area (Å²) in [6.45, 7) is 2.19. The maximum Gasteiger partial charge on any atom is 0.0239 e. The molecule has 50 heavy (non-hydrogen) atoms. The van der Waals surface area contributed by atoms with Crippen molar-refractivity contribution < 1.29 is 20.1 Å². The standard InChI is InChI=1S/C30H26NS.C15H18GeN.Ir/c1-3-9-21(10-4-1)19-22-17-18-31-27(20-22)25-16-15-24(23-11-5-2-6-12-23)29-26-13-7-8-14-28(26)32-30(25)29;1-12-10-15(13-8-6-5-7-9-13)17-11-14(12)16(2,3)4;/h2,5-8,11-15,17-18,20-21H,1,3-4,9-10,19H2;5-8,10-11H,1-4H3;/q2*-1;. The van der Waals surface area contributed by atoms with Gasteiger partial charge in [-0.05, 0) is 40.3 Å². The van der Waals surface area contributed by atoms with Crippen LogP contribution in [0.3, 0.4) is 0 Å². The van der Waals surface area contributed by atoms with Crippen molar-refractivity contribution in [2.24, 2.45) is 5.92 Å². The number of benzene rings is 4. The molecule has 0 atom stereocenters. The van der Waals surface area contributed by atoms with Gasteiger partial charge in [-0.3, -0.25) is 0 Å². The van der Waals surface area contributed by atoms with Crippen molar-refractivity contribution in [2.75, 3.05) is 0 Å². The molecule has 0 spiro atoms. The minimum Gasteiger partial charge on any atom is -0.305 e. The molecule has 3 aromatic heterocycles. The summed E-state index contributed by atoms with van der Waals surface area (Å²) in [5, 5.41) is 2.64. The quantitative estimate of drug-likeness (QED) is 0.123. The Balaban J connectivity index is 0.000000204. The van der Waals surface area contributed by atoms with Crippen LogP contribution in [0.1, 0.15) is 43.2 Å². The Kier molecular flexibility index (Phi) is 11.9. The number of aryl methyl sites for hydroxylation is 1. The second-order valence-electron chi connectivity index (χ2n) is 14.4. The summed E-state index contributed by atoms with van der Waals surface area (Å²) < 4.78 is 4.10. The largest absolute Gasteiger partial charge is 0.305 e. The van der Waals surface area contributed by atoms with Gasteiger partial charge in [0.15, 0.2) is 0 Å². The van der Waals surface area contributed by atoms with E-state index < -0.39 is 13.3 Å². The number of fused-ring (bicyclic) bond motifs is 3. The summed E-state index contributed by atoms with van der Waals surface area (Å²) in [6.07, 6.45) is 12.2. The molecule has 0 saturated heterocycles. The topological polar surface area (TPSA) is 25.8 Å². The van der Waals surface area contributed by atoms with E-state index in [1.165, 1.54) is 85.3 Å². The van der Waals surface area contributed by atoms with Crippen LogP contribution >= 0.6 is 11.3 Å². The molecule has 3 heterocycles. The van der Waals surface area contributed by atoms with Crippen molar-refractivity contribution in [1.29, 1.82) is 0 Å². The third kappa shape index (κ3) is 8.21. The van der Waals surface area contributed by atoms with Crippen LogP contribution in [0.4, 0.5) is 0 Å². The summed E-state index contributed by atoms with van der Waals surface area (Å²) >= 11 is 0.0896. The molecule has 0 aliphatic heterocycles. The van der Waals surface area contributed by atoms with E-state index in [0.717, 1.165) is 28.4 Å². The van der Waals surface area contributed by atoms with E-state index in [-0.39, 0.29) is 20.1 Å². The van der Waals surface area contributed by atoms with Gasteiger partial charge < -0.3 is 4.98 Å². The number of nitrogens with zero attached hydrogens (tertiary/aromatic N) is 2. The first-order valence-corrected chi connectivity index (χ1v) is 25.8. The van der Waals surface area contributed by atoms with Crippen LogP contribution in [0.15, 0.2) is 116 Å². The van der Waals surface area contributed by atoms with Gasteiger partial charge in [0.05, 0.1) is 0 Å². The molecule has 7 aromatic rings. The molecular formula is C45H44GeIrN2S-2. The zero-order valence-electron chi connectivity index (χ0n) is 29.4. The zero-order chi connectivity index (χ0) is 33.8. The van der Waals surface area contributed by atoms with E-state index >= 15 is 0 Å². The molecular weight excluding hydrogens is 865 g/mol. The van der Waals surface area contributed by atoms with E-state index in [1.807, 2.05) is 35.7 Å². The van der Waals surface area contributed by atoms with Crippen molar-refractivity contribution in [3.8, 4) is 33.6 Å². The summed E-state index contributed by atoms with van der Waals surface area (Å²) in [6, 6.07) is 43.2. The molecule has 0 bridgehead atoms. The van der Waals surface area contributed by atoms with Crippen LogP contribution in [-0.4, -0.2) is 23.2 Å². The van der Waals surface area contributed by atoms with Gasteiger partial charge in [-0.1, -0.05) is 109 Å². The normalized spacial score (nSPS) is 13.4. The van der Waals surface area contributed by atoms with Crippen LogP contribution in [0.5, 0.6) is 0 Å². The SMILES string of the molecule is Cc1cc(-c2[c-]cccc2)nc[c]1[Ge]([CH3])([CH3])[CH3].[Ir].[c-]1cc(-c2ccccc2)c2c(sc3ccccc32)c1-c1cc(CC2CCCCC2)ccn1. The molecule has 1 aliphatic carbocycles. The van der Waals surface area contributed by atoms with Gasteiger partial charge in [-0.25, -0.2) is 0 Å². The smallest absolute Gasteiger partial charge is 0.0239 e. The Morgan fingerprint density at radius 3 is 2.30 bits per heavy atom. The van der Waals surface area contributed by atoms with Gasteiger partial charge in [0.25, 0.3) is 0 Å². The number of rotatable bonds is 6. The molecule has 1 fully saturated rings. The molecule has 1 aliphatic rings. The molecule has 2 nitrogen and oxygen atoms in total. The molecule has 0 N–H and O–H groups in total. The van der Waals surface area contributed by atoms with Crippen LogP contribution in [-0.2, 0) is 26.5 Å². The number of pyridine rings is 2. The molecule has 4 aromatic carbocycles. The maximum absolute atomic E-state index is 4.80. The van der Waals surface area contributed by atoms with Gasteiger partial charge in [0.1, 0.15) is 0 Å². The van der Waals surface area contributed by atoms with Crippen molar-refractivity contribution in [1.82, 2.24) is 9.97 Å². The predicted octanol–water partition coefficient (Wildman–Crippen LogP) is 12.1. The molecule has 1 saturated carbocycles. The second-order valence-corrected chi connectivity index (χ2v) is 26.0. The first-order valence-electron chi connectivity index (χ1n) is 17.7. The van der Waals surface area contributed by atoms with Gasteiger partial charge in [-0.15, -0.1) is 17.7 Å². The van der Waals surface area contributed by atoms with Crippen LogP contribution < -0.4 is 4.40 Å². The average Bonchev–Trinajstić information content (AvgIpc) is 3.52. The fraction of sp³-hybridized carbons (Fsp3) is 0.244. The van der Waals surface area contributed by atoms with E-state index in [1.54, 1.807) is 0 Å². The van der Waals surface area contributed by atoms with Crippen molar-refractivity contribution in [3.63, 3.8) is 0 Å². The number of thiophene rings is 1. The van der Waals surface area contributed by atoms with Crippen molar-refractivity contribution in [2.45, 2.75) is 62.7 Å². The zero-order valence-corrected chi connectivity index (χ0v) is 34.7. The van der Waals surface area contributed by atoms with Crippen molar-refractivity contribution in [3.05, 3.63) is 139 Å². The molecule has 5 heteroatoms. The maximum atomic E-state index is 4.80. The van der Waals surface area contributed by atoms with Gasteiger partial charge in [-0.2, -0.15) is 11.3 Å². The summed E-state index contributed by atoms with van der Waals surface area (Å²) in [5.74, 6) is 8.03. The molecule has 0 amide bonds. The minimum absolute atomic E-state index is 0. The van der Waals surface area contributed by atoms with E-state index in [9.17, 15) is 0 Å². The Bertz CT molecular complexity index is 2180. The minimum atomic E-state index is -1.77. The molecule has 0 unspecified atom stereocenters. The van der Waals surface area contributed by atoms with E-state index in [0.29, 0.717) is 0 Å². The number of hydrogen-bond donors (Lipinski definition) is 0. The van der Waals surface area contributed by atoms with Crippen LogP contribution in [0.2, 0.25) is 17.3 Å². The molecule has 8 rings (SSSR count). The fourth-order valence-electron chi connectivity index (χ4n) is 7.31. The van der Waals surface area contributed by atoms with Gasteiger partial charge in [0.2, 0.25) is 0 Å². The molecule has 255 valence electrons. The first-order chi connectivity index (χ1) is 23.8. The van der Waals surface area contributed by atoms with E-state index in [2.05, 4.69) is 132 Å². The Morgan fingerprint density at radius 2 is 1.56 bits per heavy atom. The second kappa shape index (κ2) is 16.3. The van der Waals surface area contributed by atoms with Crippen LogP contribution in [0.25, 0.3) is 53.8 Å². The van der Waals surface area contributed by atoms with Crippen molar-refractivity contribution >= 4 is 49.2 Å². The number of aromatic nitrogens is 2. The average molecular weight is 910 g/mol. The third-order valence-electron chi connectivity index (χ3n) is 9.77. The Morgan fingerprint density at radius 1 is 0.800 bits per heavy atom. The predicted molar refractivity (Wildman–Crippen MR) is 213 cm³/mol. The summed E-state index contributed by atoms with van der Waals surface area (Å²) in [4.78, 5) is 9.39. The molecule has 1 radical (unpaired) electrons.